The zero-order valence-corrected chi connectivity index (χ0v) is 18.4. The standard InChI is InChI=1S/C23H27N5OS/c1-16-14-19(17(2)28(16)15-18-7-10-24-11-8-18)22-21(20-6-4-5-9-25-20)26-23(30)27(22)12-13-29-3/h4-11,14,21-22H,12-13,15H2,1-3H3,(H,26,30)/t21-,22+/m1/s1. The van der Waals surface area contributed by atoms with Crippen LogP contribution in [0.4, 0.5) is 0 Å². The quantitative estimate of drug-likeness (QED) is 0.589. The SMILES string of the molecule is COCCN1C(=S)N[C@H](c2ccccn2)[C@@H]1c1cc(C)n(Cc2ccncc2)c1C. The van der Waals surface area contributed by atoms with Crippen molar-refractivity contribution in [3.8, 4) is 0 Å². The van der Waals surface area contributed by atoms with Crippen LogP contribution < -0.4 is 5.32 Å². The number of methoxy groups -OCH3 is 1. The maximum Gasteiger partial charge on any atom is 0.170 e. The van der Waals surface area contributed by atoms with Crippen LogP contribution in [0.1, 0.15) is 40.3 Å². The Labute approximate surface area is 182 Å². The number of aryl methyl sites for hydroxylation is 1. The van der Waals surface area contributed by atoms with E-state index in [4.69, 9.17) is 17.0 Å². The molecule has 30 heavy (non-hydrogen) atoms. The van der Waals surface area contributed by atoms with Gasteiger partial charge in [0.1, 0.15) is 0 Å². The number of hydrogen-bond donors (Lipinski definition) is 1. The fourth-order valence-electron chi connectivity index (χ4n) is 4.22. The van der Waals surface area contributed by atoms with Gasteiger partial charge >= 0.3 is 0 Å². The molecule has 1 aliphatic rings. The zero-order valence-electron chi connectivity index (χ0n) is 17.6. The van der Waals surface area contributed by atoms with Gasteiger partial charge in [-0.15, -0.1) is 0 Å². The molecular weight excluding hydrogens is 394 g/mol. The predicted octanol–water partition coefficient (Wildman–Crippen LogP) is 3.56. The predicted molar refractivity (Wildman–Crippen MR) is 121 cm³/mol. The van der Waals surface area contributed by atoms with Crippen molar-refractivity contribution in [1.82, 2.24) is 24.8 Å². The van der Waals surface area contributed by atoms with Gasteiger partial charge in [-0.05, 0) is 67.5 Å². The molecule has 1 aliphatic heterocycles. The third-order valence-corrected chi connectivity index (χ3v) is 6.11. The second kappa shape index (κ2) is 8.93. The summed E-state index contributed by atoms with van der Waals surface area (Å²) in [5.74, 6) is 0. The molecule has 6 nitrogen and oxygen atoms in total. The molecule has 0 saturated carbocycles. The normalized spacial score (nSPS) is 18.6. The van der Waals surface area contributed by atoms with Crippen LogP contribution in [0.25, 0.3) is 0 Å². The minimum absolute atomic E-state index is 0.00886. The largest absolute Gasteiger partial charge is 0.383 e. The van der Waals surface area contributed by atoms with Gasteiger partial charge in [0.15, 0.2) is 5.11 Å². The lowest BCUT2D eigenvalue weighted by atomic mass is 9.97. The molecule has 0 bridgehead atoms. The molecule has 1 saturated heterocycles. The van der Waals surface area contributed by atoms with Crippen LogP contribution in [0.3, 0.4) is 0 Å². The molecule has 0 amide bonds. The molecule has 3 aromatic rings. The maximum absolute atomic E-state index is 5.71. The van der Waals surface area contributed by atoms with Crippen molar-refractivity contribution in [1.29, 1.82) is 0 Å². The number of aromatic nitrogens is 3. The molecule has 0 radical (unpaired) electrons. The molecular formula is C23H27N5OS. The summed E-state index contributed by atoms with van der Waals surface area (Å²) in [6, 6.07) is 12.5. The molecule has 7 heteroatoms. The molecule has 0 spiro atoms. The molecule has 2 atom stereocenters. The highest BCUT2D eigenvalue weighted by molar-refractivity contribution is 7.80. The zero-order chi connectivity index (χ0) is 21.1. The highest BCUT2D eigenvalue weighted by Gasteiger charge is 2.41. The van der Waals surface area contributed by atoms with Gasteiger partial charge in [0.25, 0.3) is 0 Å². The first-order valence-corrected chi connectivity index (χ1v) is 10.5. The minimum Gasteiger partial charge on any atom is -0.383 e. The second-order valence-electron chi connectivity index (χ2n) is 7.58. The van der Waals surface area contributed by atoms with Gasteiger partial charge in [0.05, 0.1) is 24.4 Å². The second-order valence-corrected chi connectivity index (χ2v) is 7.97. The summed E-state index contributed by atoms with van der Waals surface area (Å²) >= 11 is 5.71. The van der Waals surface area contributed by atoms with Crippen LogP contribution in [0, 0.1) is 13.8 Å². The smallest absolute Gasteiger partial charge is 0.170 e. The first-order chi connectivity index (χ1) is 14.6. The Morgan fingerprint density at radius 1 is 1.13 bits per heavy atom. The van der Waals surface area contributed by atoms with Gasteiger partial charge in [0.2, 0.25) is 0 Å². The Kier molecular flexibility index (Phi) is 6.11. The van der Waals surface area contributed by atoms with Gasteiger partial charge in [-0.3, -0.25) is 9.97 Å². The summed E-state index contributed by atoms with van der Waals surface area (Å²) in [5, 5.41) is 4.25. The molecule has 3 aromatic heterocycles. The molecule has 0 aromatic carbocycles. The van der Waals surface area contributed by atoms with Gasteiger partial charge in [-0.2, -0.15) is 0 Å². The van der Waals surface area contributed by atoms with Crippen LogP contribution in [0.15, 0.2) is 55.0 Å². The van der Waals surface area contributed by atoms with Crippen LogP contribution >= 0.6 is 12.2 Å². The van der Waals surface area contributed by atoms with Crippen LogP contribution in [-0.4, -0.2) is 44.8 Å². The Balaban J connectivity index is 1.74. The fraction of sp³-hybridized carbons (Fsp3) is 0.348. The minimum atomic E-state index is -0.00886. The van der Waals surface area contributed by atoms with Gasteiger partial charge in [-0.25, -0.2) is 0 Å². The lowest BCUT2D eigenvalue weighted by molar-refractivity contribution is 0.164. The average Bonchev–Trinajstić information content (AvgIpc) is 3.24. The molecule has 1 fully saturated rings. The average molecular weight is 422 g/mol. The third kappa shape index (κ3) is 3.95. The molecule has 4 rings (SSSR count). The van der Waals surface area contributed by atoms with Crippen LogP contribution in [0.5, 0.6) is 0 Å². The van der Waals surface area contributed by atoms with E-state index in [0.29, 0.717) is 6.61 Å². The summed E-state index contributed by atoms with van der Waals surface area (Å²) < 4.78 is 7.72. The number of ether oxygens (including phenoxy) is 1. The highest BCUT2D eigenvalue weighted by Crippen LogP contribution is 2.40. The number of rotatable bonds is 7. The van der Waals surface area contributed by atoms with E-state index in [0.717, 1.165) is 23.9 Å². The Morgan fingerprint density at radius 2 is 1.93 bits per heavy atom. The van der Waals surface area contributed by atoms with Crippen LogP contribution in [0.2, 0.25) is 0 Å². The third-order valence-electron chi connectivity index (χ3n) is 5.76. The maximum atomic E-state index is 5.71. The van der Waals surface area contributed by atoms with E-state index >= 15 is 0 Å². The van der Waals surface area contributed by atoms with Gasteiger partial charge < -0.3 is 19.5 Å². The van der Waals surface area contributed by atoms with Crippen LogP contribution in [-0.2, 0) is 11.3 Å². The number of thiocarbonyl (C=S) groups is 1. The van der Waals surface area contributed by atoms with E-state index in [1.165, 1.54) is 22.5 Å². The number of nitrogens with zero attached hydrogens (tertiary/aromatic N) is 4. The van der Waals surface area contributed by atoms with Crippen molar-refractivity contribution in [2.75, 3.05) is 20.3 Å². The fourth-order valence-corrected chi connectivity index (χ4v) is 4.55. The van der Waals surface area contributed by atoms with E-state index in [1.54, 1.807) is 7.11 Å². The Morgan fingerprint density at radius 3 is 2.63 bits per heavy atom. The lowest BCUT2D eigenvalue weighted by Gasteiger charge is -2.28. The lowest BCUT2D eigenvalue weighted by Crippen LogP contribution is -2.32. The summed E-state index contributed by atoms with van der Waals surface area (Å²) in [7, 11) is 1.72. The highest BCUT2D eigenvalue weighted by atomic mass is 32.1. The number of nitrogens with one attached hydrogen (secondary N) is 1. The summed E-state index contributed by atoms with van der Waals surface area (Å²) in [4.78, 5) is 11.0. The van der Waals surface area contributed by atoms with E-state index in [9.17, 15) is 0 Å². The molecule has 0 unspecified atom stereocenters. The van der Waals surface area contributed by atoms with Gasteiger partial charge in [-0.1, -0.05) is 6.07 Å². The monoisotopic (exact) mass is 421 g/mol. The van der Waals surface area contributed by atoms with Crippen molar-refractivity contribution in [2.24, 2.45) is 0 Å². The number of pyridine rings is 2. The summed E-state index contributed by atoms with van der Waals surface area (Å²) in [6.07, 6.45) is 5.52. The first-order valence-electron chi connectivity index (χ1n) is 10.1. The molecule has 4 heterocycles. The van der Waals surface area contributed by atoms with Crippen molar-refractivity contribution in [3.05, 3.63) is 83.2 Å². The van der Waals surface area contributed by atoms with E-state index < -0.39 is 0 Å². The summed E-state index contributed by atoms with van der Waals surface area (Å²) in [6.45, 7) is 6.51. The molecule has 156 valence electrons. The molecule has 0 aliphatic carbocycles. The topological polar surface area (TPSA) is 55.2 Å². The van der Waals surface area contributed by atoms with Crippen molar-refractivity contribution >= 4 is 17.3 Å². The van der Waals surface area contributed by atoms with E-state index in [-0.39, 0.29) is 12.1 Å². The first kappa shape index (κ1) is 20.5. The van der Waals surface area contributed by atoms with Crippen molar-refractivity contribution in [3.63, 3.8) is 0 Å². The Bertz CT molecular complexity index is 1010. The molecule has 1 N–H and O–H groups in total. The van der Waals surface area contributed by atoms with Crippen molar-refractivity contribution < 1.29 is 4.74 Å². The van der Waals surface area contributed by atoms with Gasteiger partial charge in [0, 0.05) is 50.2 Å². The van der Waals surface area contributed by atoms with Crippen molar-refractivity contribution in [2.45, 2.75) is 32.5 Å². The van der Waals surface area contributed by atoms with E-state index in [2.05, 4.69) is 62.9 Å². The van der Waals surface area contributed by atoms with E-state index in [1.807, 2.05) is 30.7 Å². The summed E-state index contributed by atoms with van der Waals surface area (Å²) in [5.41, 5.74) is 5.95. The number of hydrogen-bond acceptors (Lipinski definition) is 4. The Hall–Kier alpha value is -2.77.